The lowest BCUT2D eigenvalue weighted by Gasteiger charge is -2.13. The lowest BCUT2D eigenvalue weighted by molar-refractivity contribution is 0.0949. The van der Waals surface area contributed by atoms with Gasteiger partial charge in [-0.25, -0.2) is 5.10 Å². The fraction of sp³-hybridized carbons (Fsp3) is 0.138. The summed E-state index contributed by atoms with van der Waals surface area (Å²) in [5, 5.41) is 17.3. The third-order valence-electron chi connectivity index (χ3n) is 6.39. The van der Waals surface area contributed by atoms with E-state index >= 15 is 0 Å². The normalized spacial score (nSPS) is 11.1. The maximum Gasteiger partial charge on any atom is 0.297 e. The van der Waals surface area contributed by atoms with E-state index in [-0.39, 0.29) is 5.91 Å². The van der Waals surface area contributed by atoms with Crippen molar-refractivity contribution in [2.45, 2.75) is 20.0 Å². The van der Waals surface area contributed by atoms with Crippen molar-refractivity contribution in [3.05, 3.63) is 102 Å². The van der Waals surface area contributed by atoms with E-state index < -0.39 is 0 Å². The summed E-state index contributed by atoms with van der Waals surface area (Å²) in [7, 11) is 0. The zero-order chi connectivity index (χ0) is 26.6. The van der Waals surface area contributed by atoms with Crippen LogP contribution >= 0.6 is 0 Å². The summed E-state index contributed by atoms with van der Waals surface area (Å²) < 4.78 is 13.2. The molecule has 1 amide bonds. The van der Waals surface area contributed by atoms with E-state index in [2.05, 4.69) is 55.2 Å². The molecule has 0 spiro atoms. The maximum absolute atomic E-state index is 13.2. The van der Waals surface area contributed by atoms with Crippen LogP contribution in [0.2, 0.25) is 0 Å². The number of benzene rings is 3. The van der Waals surface area contributed by atoms with Gasteiger partial charge < -0.3 is 14.5 Å². The van der Waals surface area contributed by atoms with Crippen molar-refractivity contribution < 1.29 is 13.9 Å². The molecule has 6 rings (SSSR count). The van der Waals surface area contributed by atoms with Gasteiger partial charge in [-0.3, -0.25) is 9.36 Å². The minimum atomic E-state index is -0.213. The molecular weight excluding hydrogens is 494 g/mol. The van der Waals surface area contributed by atoms with E-state index in [0.717, 1.165) is 22.3 Å². The summed E-state index contributed by atoms with van der Waals surface area (Å²) in [6.45, 7) is 3.14. The lowest BCUT2D eigenvalue weighted by atomic mass is 9.98. The van der Waals surface area contributed by atoms with Crippen molar-refractivity contribution in [3.8, 4) is 28.5 Å². The smallest absolute Gasteiger partial charge is 0.297 e. The molecule has 10 nitrogen and oxygen atoms in total. The lowest BCUT2D eigenvalue weighted by Crippen LogP contribution is -2.23. The van der Waals surface area contributed by atoms with E-state index in [4.69, 9.17) is 9.15 Å². The zero-order valence-electron chi connectivity index (χ0n) is 21.2. The number of nitrogens with zero attached hydrogens (tertiary/aromatic N) is 5. The maximum atomic E-state index is 13.2. The van der Waals surface area contributed by atoms with Gasteiger partial charge in [0.25, 0.3) is 11.9 Å². The molecule has 0 saturated heterocycles. The second kappa shape index (κ2) is 10.6. The van der Waals surface area contributed by atoms with Crippen LogP contribution in [0.3, 0.4) is 0 Å². The fourth-order valence-corrected chi connectivity index (χ4v) is 4.60. The van der Waals surface area contributed by atoms with Crippen molar-refractivity contribution in [1.82, 2.24) is 35.5 Å². The van der Waals surface area contributed by atoms with Crippen LogP contribution < -0.4 is 10.1 Å². The first-order valence-electron chi connectivity index (χ1n) is 12.6. The third-order valence-corrected chi connectivity index (χ3v) is 6.39. The third kappa shape index (κ3) is 4.87. The summed E-state index contributed by atoms with van der Waals surface area (Å²) >= 11 is 0. The zero-order valence-corrected chi connectivity index (χ0v) is 21.2. The number of aromatic amines is 1. The molecule has 2 N–H and O–H groups in total. The van der Waals surface area contributed by atoms with Crippen LogP contribution in [-0.4, -0.2) is 42.7 Å². The van der Waals surface area contributed by atoms with Crippen LogP contribution in [0.1, 0.15) is 28.6 Å². The minimum Gasteiger partial charge on any atom is -0.467 e. The first-order valence-corrected chi connectivity index (χ1v) is 12.6. The number of ether oxygens (including phenoxy) is 1. The molecule has 6 aromatic rings. The predicted octanol–water partition coefficient (Wildman–Crippen LogP) is 4.85. The van der Waals surface area contributed by atoms with E-state index in [0.29, 0.717) is 53.9 Å². The molecule has 0 radical (unpaired) electrons. The Hall–Kier alpha value is -5.25. The van der Waals surface area contributed by atoms with E-state index in [9.17, 15) is 4.79 Å². The summed E-state index contributed by atoms with van der Waals surface area (Å²) in [4.78, 5) is 17.9. The Morgan fingerprint density at radius 1 is 1.00 bits per heavy atom. The van der Waals surface area contributed by atoms with Crippen molar-refractivity contribution in [3.63, 3.8) is 0 Å². The molecule has 0 saturated carbocycles. The molecule has 3 aromatic carbocycles. The molecule has 0 aliphatic carbocycles. The van der Waals surface area contributed by atoms with Crippen molar-refractivity contribution in [2.24, 2.45) is 0 Å². The monoisotopic (exact) mass is 519 g/mol. The van der Waals surface area contributed by atoms with Gasteiger partial charge in [-0.1, -0.05) is 54.6 Å². The van der Waals surface area contributed by atoms with Crippen molar-refractivity contribution in [2.75, 3.05) is 6.61 Å². The quantitative estimate of drug-likeness (QED) is 0.280. The highest BCUT2D eigenvalue weighted by molar-refractivity contribution is 6.05. The van der Waals surface area contributed by atoms with E-state index in [1.807, 2.05) is 54.0 Å². The SMILES string of the molecule is CCOc1nc2cccc(C(=O)NCc3ccco3)c2n1Cc1ccc(-c2ccccc2-c2nnn[nH]2)cc1. The van der Waals surface area contributed by atoms with Crippen molar-refractivity contribution in [1.29, 1.82) is 0 Å². The minimum absolute atomic E-state index is 0.213. The molecule has 0 aliphatic rings. The summed E-state index contributed by atoms with van der Waals surface area (Å²) in [6.07, 6.45) is 1.58. The van der Waals surface area contributed by atoms with Gasteiger partial charge in [0.1, 0.15) is 5.76 Å². The standard InChI is InChI=1S/C29H25N7O3/c1-2-38-29-31-25-11-5-10-24(28(37)30-17-21-7-6-16-39-21)26(25)36(29)18-19-12-14-20(15-13-19)22-8-3-4-9-23(22)27-32-34-35-33-27/h3-16H,2,17-18H2,1H3,(H,30,37)(H,32,33,34,35). The fourth-order valence-electron chi connectivity index (χ4n) is 4.60. The van der Waals surface area contributed by atoms with Gasteiger partial charge >= 0.3 is 0 Å². The second-order valence-electron chi connectivity index (χ2n) is 8.84. The molecule has 39 heavy (non-hydrogen) atoms. The first-order chi connectivity index (χ1) is 19.2. The van der Waals surface area contributed by atoms with Crippen LogP contribution in [0.4, 0.5) is 0 Å². The number of carbonyl (C=O) groups is 1. The van der Waals surface area contributed by atoms with Crippen LogP contribution in [0.15, 0.2) is 89.5 Å². The van der Waals surface area contributed by atoms with Crippen LogP contribution in [0.5, 0.6) is 6.01 Å². The number of hydrogen-bond donors (Lipinski definition) is 2. The van der Waals surface area contributed by atoms with Gasteiger partial charge in [-0.15, -0.1) is 5.10 Å². The Balaban J connectivity index is 1.32. The highest BCUT2D eigenvalue weighted by Gasteiger charge is 2.20. The average Bonchev–Trinajstić information content (AvgIpc) is 3.75. The largest absolute Gasteiger partial charge is 0.467 e. The molecule has 3 aromatic heterocycles. The Labute approximate surface area is 223 Å². The van der Waals surface area contributed by atoms with Gasteiger partial charge in [0, 0.05) is 5.56 Å². The number of hydrogen-bond acceptors (Lipinski definition) is 7. The number of nitrogens with one attached hydrogen (secondary N) is 2. The van der Waals surface area contributed by atoms with E-state index in [1.165, 1.54) is 0 Å². The van der Waals surface area contributed by atoms with Crippen molar-refractivity contribution >= 4 is 16.9 Å². The number of carbonyl (C=O) groups excluding carboxylic acids is 1. The number of aromatic nitrogens is 6. The molecule has 0 aliphatic heterocycles. The molecular formula is C29H25N7O3. The molecule has 0 unspecified atom stereocenters. The van der Waals surface area contributed by atoms with Gasteiger partial charge in [-0.05, 0) is 58.3 Å². The van der Waals surface area contributed by atoms with Gasteiger partial charge in [0.15, 0.2) is 5.82 Å². The van der Waals surface area contributed by atoms with Gasteiger partial charge in [-0.2, -0.15) is 4.98 Å². The number of H-pyrrole nitrogens is 1. The Morgan fingerprint density at radius 3 is 2.59 bits per heavy atom. The number of amides is 1. The van der Waals surface area contributed by atoms with E-state index in [1.54, 1.807) is 18.4 Å². The first kappa shape index (κ1) is 24.1. The Kier molecular flexibility index (Phi) is 6.57. The van der Waals surface area contributed by atoms with Crippen LogP contribution in [0.25, 0.3) is 33.5 Å². The number of imidazole rings is 1. The number of tetrazole rings is 1. The second-order valence-corrected chi connectivity index (χ2v) is 8.84. The highest BCUT2D eigenvalue weighted by Crippen LogP contribution is 2.31. The number of furan rings is 1. The average molecular weight is 520 g/mol. The Bertz CT molecular complexity index is 1710. The predicted molar refractivity (Wildman–Crippen MR) is 145 cm³/mol. The molecule has 10 heteroatoms. The highest BCUT2D eigenvalue weighted by atomic mass is 16.5. The molecule has 0 atom stereocenters. The van der Waals surface area contributed by atoms with Gasteiger partial charge in [0.05, 0.1) is 42.6 Å². The number of para-hydroxylation sites is 1. The molecule has 0 fully saturated rings. The molecule has 3 heterocycles. The topological polar surface area (TPSA) is 124 Å². The summed E-state index contributed by atoms with van der Waals surface area (Å²) in [5.41, 5.74) is 5.91. The Morgan fingerprint density at radius 2 is 1.85 bits per heavy atom. The van der Waals surface area contributed by atoms with Gasteiger partial charge in [0.2, 0.25) is 0 Å². The molecule has 0 bridgehead atoms. The van der Waals surface area contributed by atoms with Crippen LogP contribution in [0, 0.1) is 0 Å². The number of fused-ring (bicyclic) bond motifs is 1. The number of rotatable bonds is 9. The summed E-state index contributed by atoms with van der Waals surface area (Å²) in [6, 6.07) is 25.8. The van der Waals surface area contributed by atoms with Crippen LogP contribution in [-0.2, 0) is 13.1 Å². The summed E-state index contributed by atoms with van der Waals surface area (Å²) in [5.74, 6) is 1.08. The molecule has 194 valence electrons.